The first kappa shape index (κ1) is 19.2. The number of hydrogen-bond acceptors (Lipinski definition) is 3. The summed E-state index contributed by atoms with van der Waals surface area (Å²) in [4.78, 5) is 19.1. The van der Waals surface area contributed by atoms with Gasteiger partial charge in [0.25, 0.3) is 0 Å². The number of benzene rings is 2. The SMILES string of the molecule is C=CCN1CC(c2nc3ccccc3n2CCOc2cc(C)cc(C)c2)CC1=O. The van der Waals surface area contributed by atoms with E-state index in [4.69, 9.17) is 9.72 Å². The number of amides is 1. The Morgan fingerprint density at radius 2 is 1.97 bits per heavy atom. The molecule has 0 spiro atoms. The van der Waals surface area contributed by atoms with Crippen LogP contribution < -0.4 is 4.74 Å². The third-order valence-corrected chi connectivity index (χ3v) is 5.39. The molecule has 1 atom stereocenters. The van der Waals surface area contributed by atoms with Crippen molar-refractivity contribution in [2.45, 2.75) is 32.7 Å². The van der Waals surface area contributed by atoms with Crippen molar-refractivity contribution in [1.82, 2.24) is 14.5 Å². The third-order valence-electron chi connectivity index (χ3n) is 5.39. The van der Waals surface area contributed by atoms with E-state index in [1.165, 1.54) is 11.1 Å². The molecule has 1 aliphatic rings. The lowest BCUT2D eigenvalue weighted by Crippen LogP contribution is -2.25. The van der Waals surface area contributed by atoms with E-state index in [-0.39, 0.29) is 11.8 Å². The van der Waals surface area contributed by atoms with Crippen LogP contribution in [0.1, 0.15) is 29.3 Å². The second kappa shape index (κ2) is 8.11. The van der Waals surface area contributed by atoms with Gasteiger partial charge in [0, 0.05) is 25.4 Å². The molecule has 0 bridgehead atoms. The Labute approximate surface area is 171 Å². The summed E-state index contributed by atoms with van der Waals surface area (Å²) in [7, 11) is 0. The highest BCUT2D eigenvalue weighted by Gasteiger charge is 2.33. The molecule has 1 amide bonds. The smallest absolute Gasteiger partial charge is 0.223 e. The quantitative estimate of drug-likeness (QED) is 0.568. The zero-order valence-electron chi connectivity index (χ0n) is 17.1. The highest BCUT2D eigenvalue weighted by Crippen LogP contribution is 2.30. The van der Waals surface area contributed by atoms with Crippen LogP contribution >= 0.6 is 0 Å². The Morgan fingerprint density at radius 3 is 2.72 bits per heavy atom. The minimum atomic E-state index is 0.0936. The molecule has 1 aliphatic heterocycles. The molecule has 0 aliphatic carbocycles. The Hall–Kier alpha value is -3.08. The molecule has 3 aromatic rings. The minimum Gasteiger partial charge on any atom is -0.492 e. The van der Waals surface area contributed by atoms with Crippen molar-refractivity contribution in [3.63, 3.8) is 0 Å². The lowest BCUT2D eigenvalue weighted by atomic mass is 10.1. The summed E-state index contributed by atoms with van der Waals surface area (Å²) in [6.45, 7) is 10.4. The number of imidazole rings is 1. The van der Waals surface area contributed by atoms with Crippen LogP contribution in [0, 0.1) is 13.8 Å². The fraction of sp³-hybridized carbons (Fsp3) is 0.333. The lowest BCUT2D eigenvalue weighted by molar-refractivity contribution is -0.127. The number of para-hydroxylation sites is 2. The standard InChI is InChI=1S/C24H27N3O2/c1-4-9-26-16-19(15-23(26)28)24-25-21-7-5-6-8-22(21)27(24)10-11-29-20-13-17(2)12-18(3)14-20/h4-8,12-14,19H,1,9-11,15-16H2,2-3H3. The molecular weight excluding hydrogens is 362 g/mol. The number of rotatable bonds is 7. The van der Waals surface area contributed by atoms with E-state index >= 15 is 0 Å². The van der Waals surface area contributed by atoms with Crippen LogP contribution in [0.15, 0.2) is 55.1 Å². The van der Waals surface area contributed by atoms with Gasteiger partial charge in [-0.25, -0.2) is 4.98 Å². The van der Waals surface area contributed by atoms with Gasteiger partial charge in [0.05, 0.1) is 17.6 Å². The number of ether oxygens (including phenoxy) is 1. The molecule has 5 heteroatoms. The highest BCUT2D eigenvalue weighted by molar-refractivity contribution is 5.81. The number of carbonyl (C=O) groups is 1. The topological polar surface area (TPSA) is 47.4 Å². The van der Waals surface area contributed by atoms with Crippen LogP contribution in [0.2, 0.25) is 0 Å². The van der Waals surface area contributed by atoms with Gasteiger partial charge in [-0.3, -0.25) is 4.79 Å². The van der Waals surface area contributed by atoms with Crippen LogP contribution in [0.3, 0.4) is 0 Å². The van der Waals surface area contributed by atoms with Gasteiger partial charge in [-0.05, 0) is 49.2 Å². The molecule has 5 nitrogen and oxygen atoms in total. The van der Waals surface area contributed by atoms with Gasteiger partial charge in [0.2, 0.25) is 5.91 Å². The maximum Gasteiger partial charge on any atom is 0.223 e. The van der Waals surface area contributed by atoms with E-state index in [0.717, 1.165) is 22.6 Å². The van der Waals surface area contributed by atoms with Crippen molar-refractivity contribution < 1.29 is 9.53 Å². The Morgan fingerprint density at radius 1 is 1.21 bits per heavy atom. The number of likely N-dealkylation sites (tertiary alicyclic amines) is 1. The molecule has 1 unspecified atom stereocenters. The average Bonchev–Trinajstić information content (AvgIpc) is 3.22. The Kier molecular flexibility index (Phi) is 5.38. The van der Waals surface area contributed by atoms with Crippen molar-refractivity contribution in [3.8, 4) is 5.75 Å². The lowest BCUT2D eigenvalue weighted by Gasteiger charge is -2.16. The fourth-order valence-corrected chi connectivity index (χ4v) is 4.19. The molecule has 4 rings (SSSR count). The Bertz CT molecular complexity index is 1030. The summed E-state index contributed by atoms with van der Waals surface area (Å²) >= 11 is 0. The van der Waals surface area contributed by atoms with E-state index < -0.39 is 0 Å². The van der Waals surface area contributed by atoms with Gasteiger partial charge < -0.3 is 14.2 Å². The number of fused-ring (bicyclic) bond motifs is 1. The van der Waals surface area contributed by atoms with Gasteiger partial charge in [-0.15, -0.1) is 6.58 Å². The first-order valence-corrected chi connectivity index (χ1v) is 10.1. The zero-order valence-corrected chi connectivity index (χ0v) is 17.1. The average molecular weight is 389 g/mol. The summed E-state index contributed by atoms with van der Waals surface area (Å²) in [5.41, 5.74) is 4.44. The van der Waals surface area contributed by atoms with Crippen LogP contribution in [-0.4, -0.2) is 40.1 Å². The molecule has 150 valence electrons. The maximum absolute atomic E-state index is 12.4. The molecule has 29 heavy (non-hydrogen) atoms. The summed E-state index contributed by atoms with van der Waals surface area (Å²) < 4.78 is 8.26. The van der Waals surface area contributed by atoms with Gasteiger partial charge in [0.1, 0.15) is 18.2 Å². The van der Waals surface area contributed by atoms with Crippen LogP contribution in [0.25, 0.3) is 11.0 Å². The molecule has 0 saturated carbocycles. The van der Waals surface area contributed by atoms with Crippen molar-refractivity contribution in [2.24, 2.45) is 0 Å². The first-order chi connectivity index (χ1) is 14.0. The molecule has 1 saturated heterocycles. The van der Waals surface area contributed by atoms with Gasteiger partial charge in [0.15, 0.2) is 0 Å². The van der Waals surface area contributed by atoms with E-state index in [1.54, 1.807) is 6.08 Å². The van der Waals surface area contributed by atoms with E-state index in [9.17, 15) is 4.79 Å². The minimum absolute atomic E-state index is 0.0936. The molecule has 0 N–H and O–H groups in total. The Balaban J connectivity index is 1.57. The largest absolute Gasteiger partial charge is 0.492 e. The number of carbonyl (C=O) groups excluding carboxylic acids is 1. The summed E-state index contributed by atoms with van der Waals surface area (Å²) in [5.74, 6) is 2.12. The highest BCUT2D eigenvalue weighted by atomic mass is 16.5. The maximum atomic E-state index is 12.4. The summed E-state index contributed by atoms with van der Waals surface area (Å²) in [6.07, 6.45) is 2.27. The van der Waals surface area contributed by atoms with Gasteiger partial charge >= 0.3 is 0 Å². The zero-order chi connectivity index (χ0) is 20.4. The number of aryl methyl sites for hydroxylation is 2. The van der Waals surface area contributed by atoms with Crippen molar-refractivity contribution in [2.75, 3.05) is 19.7 Å². The number of nitrogens with zero attached hydrogens (tertiary/aromatic N) is 3. The van der Waals surface area contributed by atoms with E-state index in [1.807, 2.05) is 23.1 Å². The van der Waals surface area contributed by atoms with Crippen molar-refractivity contribution in [1.29, 1.82) is 0 Å². The van der Waals surface area contributed by atoms with Crippen molar-refractivity contribution in [3.05, 3.63) is 72.1 Å². The first-order valence-electron chi connectivity index (χ1n) is 10.1. The predicted octanol–water partition coefficient (Wildman–Crippen LogP) is 4.23. The monoisotopic (exact) mass is 389 g/mol. The van der Waals surface area contributed by atoms with E-state index in [0.29, 0.717) is 32.7 Å². The summed E-state index contributed by atoms with van der Waals surface area (Å²) in [5, 5.41) is 0. The van der Waals surface area contributed by atoms with Gasteiger partial charge in [-0.2, -0.15) is 0 Å². The van der Waals surface area contributed by atoms with Crippen molar-refractivity contribution >= 4 is 16.9 Å². The second-order valence-corrected chi connectivity index (χ2v) is 7.77. The predicted molar refractivity (Wildman–Crippen MR) is 115 cm³/mol. The van der Waals surface area contributed by atoms with Crippen LogP contribution in [0.5, 0.6) is 5.75 Å². The molecule has 1 fully saturated rings. The molecule has 1 aromatic heterocycles. The van der Waals surface area contributed by atoms with Crippen LogP contribution in [-0.2, 0) is 11.3 Å². The van der Waals surface area contributed by atoms with E-state index in [2.05, 4.69) is 49.3 Å². The third kappa shape index (κ3) is 4.04. The fourth-order valence-electron chi connectivity index (χ4n) is 4.19. The number of aromatic nitrogens is 2. The normalized spacial score (nSPS) is 16.6. The molecule has 2 heterocycles. The molecule has 0 radical (unpaired) electrons. The van der Waals surface area contributed by atoms with Crippen LogP contribution in [0.4, 0.5) is 0 Å². The van der Waals surface area contributed by atoms with Gasteiger partial charge in [-0.1, -0.05) is 24.3 Å². The number of hydrogen-bond donors (Lipinski definition) is 0. The molecular formula is C24H27N3O2. The second-order valence-electron chi connectivity index (χ2n) is 7.77. The summed E-state index contributed by atoms with van der Waals surface area (Å²) in [6, 6.07) is 14.4. The molecule has 2 aromatic carbocycles.